The first-order valence-electron chi connectivity index (χ1n) is 22.3. The minimum absolute atomic E-state index is 0.351. The van der Waals surface area contributed by atoms with Gasteiger partial charge in [0.2, 0.25) is 0 Å². The molecule has 2 nitrogen and oxygen atoms in total. The molecular formula is C50H70O2S5. The molecule has 0 bridgehead atoms. The first-order valence-corrected chi connectivity index (χ1v) is 27.4. The average molecular weight is 863 g/mol. The van der Waals surface area contributed by atoms with Gasteiger partial charge in [0, 0.05) is 48.5 Å². The Labute approximate surface area is 369 Å². The topological polar surface area (TPSA) is 18.5 Å². The molecule has 2 aliphatic carbocycles. The predicted molar refractivity (Wildman–Crippen MR) is 261 cm³/mol. The first kappa shape index (κ1) is 45.3. The number of unbranched alkanes of at least 4 members (excludes halogenated alkanes) is 2. The van der Waals surface area contributed by atoms with Gasteiger partial charge in [0.25, 0.3) is 0 Å². The standard InChI is InChI=1S/C50H70O2S5/c1-7-9-19-41(36(4)38-21-15-22-38)34-55-37(5)35(3)47-45(26-17-28-51-47)44(18-8-2)46-33-39-20-12-13-25-43(39)49(57-46)50-48-40(23-16-27-52-48)32-42(56-50)24-11-10-14-29-54-31-30-53-6/h8,11,18,24,32-34,36,38-39,42H,5,7,9-10,12-17,19-23,25-31H2,1-4,6H3/b18-8?,24-11-,41-34-,45-44+,47-35-. The first-order chi connectivity index (χ1) is 27.9. The van der Waals surface area contributed by atoms with Gasteiger partial charge in [0.05, 0.1) is 18.1 Å². The quantitative estimate of drug-likeness (QED) is 0.0939. The number of ether oxygens (including phenoxy) is 2. The van der Waals surface area contributed by atoms with Crippen molar-refractivity contribution in [3.8, 4) is 0 Å². The van der Waals surface area contributed by atoms with Gasteiger partial charge in [-0.2, -0.15) is 23.5 Å². The number of fused-ring (bicyclic) bond motifs is 2. The van der Waals surface area contributed by atoms with Gasteiger partial charge >= 0.3 is 0 Å². The van der Waals surface area contributed by atoms with Crippen LogP contribution in [0, 0.1) is 17.8 Å². The van der Waals surface area contributed by atoms with Crippen LogP contribution in [0.25, 0.3) is 0 Å². The highest BCUT2D eigenvalue weighted by Crippen LogP contribution is 2.56. The van der Waals surface area contributed by atoms with E-state index in [2.05, 4.69) is 94.2 Å². The highest BCUT2D eigenvalue weighted by atomic mass is 32.2. The maximum atomic E-state index is 6.68. The molecule has 57 heavy (non-hydrogen) atoms. The SMILES string of the molecule is C=C(S/C=C(/CCCC)C(C)C1CCC1)/C(C)=C1\OCCC\C1=C(\C=CC)C1=CC2CCCCC2=C(C2=C3OCCCC3=CC(/C=C\CCCSCCSC)S2)S1. The Morgan fingerprint density at radius 2 is 1.81 bits per heavy atom. The van der Waals surface area contributed by atoms with Gasteiger partial charge in [0.1, 0.15) is 11.5 Å². The van der Waals surface area contributed by atoms with E-state index in [0.29, 0.717) is 17.1 Å². The van der Waals surface area contributed by atoms with E-state index in [0.717, 1.165) is 61.9 Å². The van der Waals surface area contributed by atoms with E-state index in [4.69, 9.17) is 9.47 Å². The lowest BCUT2D eigenvalue weighted by atomic mass is 9.73. The highest BCUT2D eigenvalue weighted by Gasteiger charge is 2.35. The molecule has 2 saturated heterocycles. The van der Waals surface area contributed by atoms with Crippen LogP contribution in [-0.2, 0) is 9.47 Å². The Balaban J connectivity index is 1.28. The highest BCUT2D eigenvalue weighted by molar-refractivity contribution is 8.11. The summed E-state index contributed by atoms with van der Waals surface area (Å²) in [4.78, 5) is 5.40. The molecule has 0 aromatic carbocycles. The van der Waals surface area contributed by atoms with Gasteiger partial charge in [-0.3, -0.25) is 0 Å². The molecule has 6 aliphatic rings. The van der Waals surface area contributed by atoms with E-state index in [-0.39, 0.29) is 0 Å². The zero-order valence-electron chi connectivity index (χ0n) is 35.8. The van der Waals surface area contributed by atoms with Gasteiger partial charge < -0.3 is 9.47 Å². The van der Waals surface area contributed by atoms with Crippen molar-refractivity contribution < 1.29 is 9.47 Å². The molecule has 0 radical (unpaired) electrons. The maximum Gasteiger partial charge on any atom is 0.136 e. The van der Waals surface area contributed by atoms with Gasteiger partial charge in [-0.1, -0.05) is 105 Å². The second-order valence-corrected chi connectivity index (χ2v) is 21.9. The van der Waals surface area contributed by atoms with Crippen LogP contribution >= 0.6 is 58.8 Å². The molecule has 4 fully saturated rings. The summed E-state index contributed by atoms with van der Waals surface area (Å²) in [6.07, 6.45) is 36.5. The molecule has 7 heteroatoms. The van der Waals surface area contributed by atoms with Crippen molar-refractivity contribution in [2.45, 2.75) is 136 Å². The molecule has 0 amide bonds. The summed E-state index contributed by atoms with van der Waals surface area (Å²) in [5, 5.41) is 2.82. The predicted octanol–water partition coefficient (Wildman–Crippen LogP) is 16.3. The van der Waals surface area contributed by atoms with E-state index < -0.39 is 0 Å². The molecular weight excluding hydrogens is 793 g/mol. The van der Waals surface area contributed by atoms with Crippen LogP contribution in [0.3, 0.4) is 0 Å². The number of allylic oxidation sites excluding steroid dienone is 10. The fraction of sp³-hybridized carbons (Fsp3) is 0.600. The molecule has 2 saturated carbocycles. The third-order valence-electron chi connectivity index (χ3n) is 12.5. The van der Waals surface area contributed by atoms with Crippen LogP contribution in [0.1, 0.15) is 130 Å². The molecule has 0 aromatic heterocycles. The molecule has 4 aliphatic heterocycles. The Hall–Kier alpha value is -1.25. The molecule has 3 unspecified atom stereocenters. The molecule has 312 valence electrons. The molecule has 6 rings (SSSR count). The Kier molecular flexibility index (Phi) is 18.8. The number of rotatable bonds is 19. The van der Waals surface area contributed by atoms with Crippen LogP contribution in [0.4, 0.5) is 0 Å². The lowest BCUT2D eigenvalue weighted by molar-refractivity contribution is 0.191. The van der Waals surface area contributed by atoms with Crippen molar-refractivity contribution in [1.82, 2.24) is 0 Å². The van der Waals surface area contributed by atoms with Crippen LogP contribution in [0.5, 0.6) is 0 Å². The lowest BCUT2D eigenvalue weighted by Crippen LogP contribution is -2.21. The van der Waals surface area contributed by atoms with Crippen LogP contribution in [0.2, 0.25) is 0 Å². The number of hydrogen-bond donors (Lipinski definition) is 0. The van der Waals surface area contributed by atoms with Gasteiger partial charge in [-0.25, -0.2) is 0 Å². The Bertz CT molecular complexity index is 1700. The third-order valence-corrected chi connectivity index (χ3v) is 18.0. The van der Waals surface area contributed by atoms with Gasteiger partial charge in [-0.05, 0) is 143 Å². The lowest BCUT2D eigenvalue weighted by Gasteiger charge is -2.36. The number of hydrogen-bond acceptors (Lipinski definition) is 7. The number of thioether (sulfide) groups is 5. The Morgan fingerprint density at radius 1 is 0.965 bits per heavy atom. The van der Waals surface area contributed by atoms with E-state index in [1.54, 1.807) is 11.1 Å². The van der Waals surface area contributed by atoms with Crippen LogP contribution in [0.15, 0.2) is 113 Å². The van der Waals surface area contributed by atoms with E-state index in [1.807, 2.05) is 47.0 Å². The van der Waals surface area contributed by atoms with E-state index >= 15 is 0 Å². The van der Waals surface area contributed by atoms with Gasteiger partial charge in [0.15, 0.2) is 0 Å². The van der Waals surface area contributed by atoms with E-state index in [9.17, 15) is 0 Å². The maximum absolute atomic E-state index is 6.68. The van der Waals surface area contributed by atoms with Crippen LogP contribution < -0.4 is 0 Å². The van der Waals surface area contributed by atoms with Crippen molar-refractivity contribution in [3.05, 3.63) is 113 Å². The molecule has 0 spiro atoms. The average Bonchev–Trinajstić information content (AvgIpc) is 3.22. The summed E-state index contributed by atoms with van der Waals surface area (Å²) < 4.78 is 13.3. The normalized spacial score (nSPS) is 25.7. The van der Waals surface area contributed by atoms with Crippen molar-refractivity contribution >= 4 is 58.8 Å². The second kappa shape index (κ2) is 23.7. The van der Waals surface area contributed by atoms with E-state index in [1.165, 1.54) is 131 Å². The summed E-state index contributed by atoms with van der Waals surface area (Å²) in [6, 6.07) is 0. The minimum atomic E-state index is 0.351. The van der Waals surface area contributed by atoms with Crippen molar-refractivity contribution in [3.63, 3.8) is 0 Å². The molecule has 0 aromatic rings. The summed E-state index contributed by atoms with van der Waals surface area (Å²) >= 11 is 9.95. The molecule has 4 heterocycles. The zero-order valence-corrected chi connectivity index (χ0v) is 39.8. The fourth-order valence-electron chi connectivity index (χ4n) is 8.79. The summed E-state index contributed by atoms with van der Waals surface area (Å²) in [5.41, 5.74) is 8.58. The summed E-state index contributed by atoms with van der Waals surface area (Å²) in [5.74, 6) is 8.01. The third kappa shape index (κ3) is 12.2. The van der Waals surface area contributed by atoms with Crippen molar-refractivity contribution in [2.24, 2.45) is 17.8 Å². The van der Waals surface area contributed by atoms with Crippen LogP contribution in [-0.4, -0.2) is 42.0 Å². The second-order valence-electron chi connectivity index (χ2n) is 16.5. The van der Waals surface area contributed by atoms with Crippen molar-refractivity contribution in [2.75, 3.05) is 36.7 Å². The van der Waals surface area contributed by atoms with Gasteiger partial charge in [-0.15, -0.1) is 11.8 Å². The zero-order chi connectivity index (χ0) is 40.0. The summed E-state index contributed by atoms with van der Waals surface area (Å²) in [6.45, 7) is 15.5. The van der Waals surface area contributed by atoms with Crippen molar-refractivity contribution in [1.29, 1.82) is 0 Å². The largest absolute Gasteiger partial charge is 0.493 e. The Morgan fingerprint density at radius 3 is 2.60 bits per heavy atom. The molecule has 3 atom stereocenters. The summed E-state index contributed by atoms with van der Waals surface area (Å²) in [7, 11) is 0. The molecule has 0 N–H and O–H groups in total. The fourth-order valence-corrected chi connectivity index (χ4v) is 14.2. The minimum Gasteiger partial charge on any atom is -0.493 e. The monoisotopic (exact) mass is 862 g/mol. The smallest absolute Gasteiger partial charge is 0.136 e.